The summed E-state index contributed by atoms with van der Waals surface area (Å²) in [7, 11) is 0. The van der Waals surface area contributed by atoms with Crippen LogP contribution in [0.4, 0.5) is 0 Å². The molecule has 1 amide bonds. The number of rotatable bonds is 1. The molecule has 3 heteroatoms. The summed E-state index contributed by atoms with van der Waals surface area (Å²) in [5, 5.41) is 0. The van der Waals surface area contributed by atoms with E-state index in [4.69, 9.17) is 5.73 Å². The molecule has 1 rings (SSSR count). The Balaban J connectivity index is 2.46. The van der Waals surface area contributed by atoms with E-state index < -0.39 is 0 Å². The molecule has 2 N–H and O–H groups in total. The molecule has 1 saturated heterocycles. The summed E-state index contributed by atoms with van der Waals surface area (Å²) in [4.78, 5) is 12.7. The Hall–Kier alpha value is -0.570. The molecule has 0 aromatic rings. The topological polar surface area (TPSA) is 46.1 Å². The van der Waals surface area contributed by atoms with Gasteiger partial charge in [-0.15, -0.1) is 0 Å². The second kappa shape index (κ2) is 1.95. The Morgan fingerprint density at radius 2 is 2.10 bits per heavy atom. The third-order valence-corrected chi connectivity index (χ3v) is 1.80. The van der Waals surface area contributed by atoms with Crippen molar-refractivity contribution in [3.8, 4) is 0 Å². The van der Waals surface area contributed by atoms with E-state index in [9.17, 15) is 4.79 Å². The number of hydrogen-bond donors (Lipinski definition) is 1. The molecule has 10 heavy (non-hydrogen) atoms. The van der Waals surface area contributed by atoms with Gasteiger partial charge in [-0.3, -0.25) is 9.69 Å². The van der Waals surface area contributed by atoms with Crippen LogP contribution < -0.4 is 5.73 Å². The van der Waals surface area contributed by atoms with Gasteiger partial charge >= 0.3 is 0 Å². The van der Waals surface area contributed by atoms with E-state index in [-0.39, 0.29) is 17.5 Å². The molecule has 0 aliphatic carbocycles. The van der Waals surface area contributed by atoms with E-state index in [0.717, 1.165) is 6.54 Å². The van der Waals surface area contributed by atoms with E-state index in [1.54, 1.807) is 0 Å². The third kappa shape index (κ3) is 1.29. The van der Waals surface area contributed by atoms with Gasteiger partial charge in [-0.1, -0.05) is 0 Å². The highest BCUT2D eigenvalue weighted by molar-refractivity contribution is 5.83. The molecule has 1 aliphatic rings. The first-order chi connectivity index (χ1) is 4.43. The Morgan fingerprint density at radius 3 is 2.20 bits per heavy atom. The fourth-order valence-corrected chi connectivity index (χ4v) is 1.12. The molecule has 58 valence electrons. The lowest BCUT2D eigenvalue weighted by Crippen LogP contribution is -2.32. The average molecular weight is 142 g/mol. The van der Waals surface area contributed by atoms with Crippen molar-refractivity contribution >= 4 is 5.91 Å². The minimum Gasteiger partial charge on any atom is -0.368 e. The Bertz CT molecular complexity index is 159. The lowest BCUT2D eigenvalue weighted by atomic mass is 10.1. The summed E-state index contributed by atoms with van der Waals surface area (Å²) in [6.45, 7) is 7.07. The number of carbonyl (C=O) groups is 1. The zero-order chi connectivity index (χ0) is 7.94. The van der Waals surface area contributed by atoms with E-state index in [0.29, 0.717) is 0 Å². The Labute approximate surface area is 61.2 Å². The Kier molecular flexibility index (Phi) is 1.47. The van der Waals surface area contributed by atoms with Crippen LogP contribution in [0.25, 0.3) is 0 Å². The van der Waals surface area contributed by atoms with Gasteiger partial charge in [0.1, 0.15) is 6.04 Å². The molecule has 1 aliphatic heterocycles. The van der Waals surface area contributed by atoms with E-state index in [1.807, 2.05) is 0 Å². The molecule has 1 heterocycles. The van der Waals surface area contributed by atoms with Crippen LogP contribution in [-0.4, -0.2) is 28.9 Å². The van der Waals surface area contributed by atoms with Crippen LogP contribution in [0.1, 0.15) is 20.8 Å². The zero-order valence-electron chi connectivity index (χ0n) is 6.72. The van der Waals surface area contributed by atoms with Crippen LogP contribution >= 0.6 is 0 Å². The van der Waals surface area contributed by atoms with Gasteiger partial charge in [0.2, 0.25) is 5.91 Å². The van der Waals surface area contributed by atoms with Gasteiger partial charge in [0.05, 0.1) is 0 Å². The molecule has 0 saturated carbocycles. The highest BCUT2D eigenvalue weighted by Crippen LogP contribution is 2.28. The third-order valence-electron chi connectivity index (χ3n) is 1.80. The first kappa shape index (κ1) is 7.54. The lowest BCUT2D eigenvalue weighted by Gasteiger charge is -2.20. The van der Waals surface area contributed by atoms with E-state index in [1.165, 1.54) is 0 Å². The van der Waals surface area contributed by atoms with Crippen LogP contribution in [0, 0.1) is 0 Å². The monoisotopic (exact) mass is 142 g/mol. The number of nitrogens with two attached hydrogens (primary N) is 1. The van der Waals surface area contributed by atoms with Gasteiger partial charge in [-0.2, -0.15) is 0 Å². The van der Waals surface area contributed by atoms with Gasteiger partial charge in [0.25, 0.3) is 0 Å². The smallest absolute Gasteiger partial charge is 0.236 e. The fourth-order valence-electron chi connectivity index (χ4n) is 1.12. The van der Waals surface area contributed by atoms with Crippen molar-refractivity contribution in [2.24, 2.45) is 5.73 Å². The molecular formula is C7H14N2O. The van der Waals surface area contributed by atoms with E-state index >= 15 is 0 Å². The van der Waals surface area contributed by atoms with Crippen LogP contribution in [-0.2, 0) is 4.79 Å². The maximum Gasteiger partial charge on any atom is 0.236 e. The maximum atomic E-state index is 10.6. The second-order valence-electron chi connectivity index (χ2n) is 3.74. The van der Waals surface area contributed by atoms with Crippen molar-refractivity contribution in [1.82, 2.24) is 4.90 Å². The predicted molar refractivity (Wildman–Crippen MR) is 39.4 cm³/mol. The van der Waals surface area contributed by atoms with Gasteiger partial charge in [-0.25, -0.2) is 0 Å². The molecule has 0 spiro atoms. The largest absolute Gasteiger partial charge is 0.368 e. The summed E-state index contributed by atoms with van der Waals surface area (Å²) >= 11 is 0. The standard InChI is InChI=1S/C7H14N2O/c1-7(2,3)9-4-5(9)6(8)10/h5H,4H2,1-3H3,(H2,8,10). The van der Waals surface area contributed by atoms with E-state index in [2.05, 4.69) is 25.7 Å². The number of primary amides is 1. The highest BCUT2D eigenvalue weighted by atomic mass is 16.1. The molecule has 0 aromatic carbocycles. The van der Waals surface area contributed by atoms with Crippen LogP contribution in [0.5, 0.6) is 0 Å². The summed E-state index contributed by atoms with van der Waals surface area (Å²) in [5.74, 6) is -0.199. The van der Waals surface area contributed by atoms with Crippen LogP contribution in [0.15, 0.2) is 0 Å². The number of hydrogen-bond acceptors (Lipinski definition) is 2. The van der Waals surface area contributed by atoms with Crippen molar-refractivity contribution in [2.45, 2.75) is 32.4 Å². The molecular weight excluding hydrogens is 128 g/mol. The quantitative estimate of drug-likeness (QED) is 0.522. The molecule has 2 unspecified atom stereocenters. The summed E-state index contributed by atoms with van der Waals surface area (Å²) in [6.07, 6.45) is 0. The lowest BCUT2D eigenvalue weighted by molar-refractivity contribution is -0.118. The molecule has 2 atom stereocenters. The molecule has 0 radical (unpaired) electrons. The van der Waals surface area contributed by atoms with Crippen LogP contribution in [0.2, 0.25) is 0 Å². The molecule has 1 fully saturated rings. The van der Waals surface area contributed by atoms with Crippen molar-refractivity contribution in [3.63, 3.8) is 0 Å². The fraction of sp³-hybridized carbons (Fsp3) is 0.857. The summed E-state index contributed by atoms with van der Waals surface area (Å²) in [5.41, 5.74) is 5.20. The molecule has 0 aromatic heterocycles. The Morgan fingerprint density at radius 1 is 1.60 bits per heavy atom. The number of amides is 1. The van der Waals surface area contributed by atoms with Crippen molar-refractivity contribution in [3.05, 3.63) is 0 Å². The van der Waals surface area contributed by atoms with Crippen molar-refractivity contribution in [1.29, 1.82) is 0 Å². The number of nitrogens with zero attached hydrogens (tertiary/aromatic N) is 1. The summed E-state index contributed by atoms with van der Waals surface area (Å²) in [6, 6.07) is -0.000000000000000222. The van der Waals surface area contributed by atoms with Crippen LogP contribution in [0.3, 0.4) is 0 Å². The minimum absolute atomic E-state index is 0.000000000000000222. The highest BCUT2D eigenvalue weighted by Gasteiger charge is 2.45. The first-order valence-electron chi connectivity index (χ1n) is 3.49. The average Bonchev–Trinajstić information content (AvgIpc) is 2.35. The SMILES string of the molecule is CC(C)(C)N1CC1C(N)=O. The summed E-state index contributed by atoms with van der Waals surface area (Å²) < 4.78 is 0. The predicted octanol–water partition coefficient (Wildman–Crippen LogP) is -0.0456. The van der Waals surface area contributed by atoms with Gasteiger partial charge in [0.15, 0.2) is 0 Å². The number of carbonyl (C=O) groups excluding carboxylic acids is 1. The van der Waals surface area contributed by atoms with Crippen molar-refractivity contribution < 1.29 is 4.79 Å². The minimum atomic E-state index is -0.199. The van der Waals surface area contributed by atoms with Gasteiger partial charge in [-0.05, 0) is 20.8 Å². The molecule has 0 bridgehead atoms. The van der Waals surface area contributed by atoms with Gasteiger partial charge < -0.3 is 5.73 Å². The zero-order valence-corrected chi connectivity index (χ0v) is 6.72. The van der Waals surface area contributed by atoms with Crippen molar-refractivity contribution in [2.75, 3.05) is 6.54 Å². The molecule has 3 nitrogen and oxygen atoms in total. The maximum absolute atomic E-state index is 10.6. The normalized spacial score (nSPS) is 31.9. The first-order valence-corrected chi connectivity index (χ1v) is 3.49. The van der Waals surface area contributed by atoms with Gasteiger partial charge in [0, 0.05) is 12.1 Å². The second-order valence-corrected chi connectivity index (χ2v) is 3.74.